The summed E-state index contributed by atoms with van der Waals surface area (Å²) >= 11 is 0. The molecule has 0 fully saturated rings. The SMILES string of the molecule is NC1=CNC(N)(O)N=C1O. The number of aliphatic hydroxyl groups is 2. The maximum absolute atomic E-state index is 8.88. The van der Waals surface area contributed by atoms with Crippen LogP contribution >= 0.6 is 0 Å². The topological polar surface area (TPSA) is 117 Å². The molecule has 7 N–H and O–H groups in total. The van der Waals surface area contributed by atoms with Crippen molar-refractivity contribution in [2.24, 2.45) is 16.5 Å². The predicted octanol–water partition coefficient (Wildman–Crippen LogP) is -2.09. The number of nitrogens with one attached hydrogen (secondary N) is 1. The minimum absolute atomic E-state index is 0.0372. The number of hydrogen-bond donors (Lipinski definition) is 5. The van der Waals surface area contributed by atoms with E-state index in [1.165, 1.54) is 6.20 Å². The van der Waals surface area contributed by atoms with Crippen molar-refractivity contribution in [2.45, 2.75) is 5.97 Å². The van der Waals surface area contributed by atoms with E-state index in [2.05, 4.69) is 10.3 Å². The molecule has 0 spiro atoms. The van der Waals surface area contributed by atoms with Crippen LogP contribution in [0.4, 0.5) is 0 Å². The average Bonchev–Trinajstić information content (AvgIpc) is 1.79. The first kappa shape index (κ1) is 6.84. The summed E-state index contributed by atoms with van der Waals surface area (Å²) < 4.78 is 0. The molecule has 0 aliphatic carbocycles. The van der Waals surface area contributed by atoms with E-state index in [1.807, 2.05) is 0 Å². The Hall–Kier alpha value is -1.27. The van der Waals surface area contributed by atoms with E-state index in [9.17, 15) is 0 Å². The van der Waals surface area contributed by atoms with Gasteiger partial charge in [-0.3, -0.25) is 5.73 Å². The molecule has 1 atom stereocenters. The molecule has 0 aromatic carbocycles. The fourth-order valence-electron chi connectivity index (χ4n) is 0.507. The molecule has 0 amide bonds. The minimum Gasteiger partial charge on any atom is -0.492 e. The van der Waals surface area contributed by atoms with E-state index in [1.54, 1.807) is 0 Å². The van der Waals surface area contributed by atoms with Crippen LogP contribution in [0.5, 0.6) is 0 Å². The normalized spacial score (nSPS) is 32.2. The van der Waals surface area contributed by atoms with Gasteiger partial charge in [-0.1, -0.05) is 0 Å². The van der Waals surface area contributed by atoms with Gasteiger partial charge in [-0.15, -0.1) is 0 Å². The molecule has 10 heavy (non-hydrogen) atoms. The van der Waals surface area contributed by atoms with Crippen molar-refractivity contribution in [2.75, 3.05) is 0 Å². The summed E-state index contributed by atoms with van der Waals surface area (Å²) in [6, 6.07) is 0. The summed E-state index contributed by atoms with van der Waals surface area (Å²) in [6.45, 7) is 0. The van der Waals surface area contributed by atoms with Gasteiger partial charge in [-0.25, -0.2) is 0 Å². The Labute approximate surface area is 56.9 Å². The highest BCUT2D eigenvalue weighted by Crippen LogP contribution is 2.01. The van der Waals surface area contributed by atoms with Gasteiger partial charge >= 0.3 is 0 Å². The van der Waals surface area contributed by atoms with Gasteiger partial charge < -0.3 is 21.3 Å². The fraction of sp³-hybridized carbons (Fsp3) is 0.250. The van der Waals surface area contributed by atoms with Gasteiger partial charge in [0.25, 0.3) is 5.97 Å². The van der Waals surface area contributed by atoms with Crippen LogP contribution < -0.4 is 16.8 Å². The maximum Gasteiger partial charge on any atom is 0.297 e. The number of nitrogens with two attached hydrogens (primary N) is 2. The fourth-order valence-corrected chi connectivity index (χ4v) is 0.507. The third kappa shape index (κ3) is 1.17. The number of aliphatic hydroxyl groups excluding tert-OH is 1. The summed E-state index contributed by atoms with van der Waals surface area (Å²) in [5.74, 6) is -2.41. The van der Waals surface area contributed by atoms with Crippen molar-refractivity contribution >= 4 is 5.90 Å². The van der Waals surface area contributed by atoms with Crippen molar-refractivity contribution in [1.29, 1.82) is 0 Å². The molecule has 0 aromatic rings. The van der Waals surface area contributed by atoms with Crippen LogP contribution in [0.25, 0.3) is 0 Å². The van der Waals surface area contributed by atoms with E-state index >= 15 is 0 Å². The number of rotatable bonds is 0. The Kier molecular flexibility index (Phi) is 1.27. The first-order valence-electron chi connectivity index (χ1n) is 2.55. The Balaban J connectivity index is 2.87. The third-order valence-electron chi connectivity index (χ3n) is 0.975. The smallest absolute Gasteiger partial charge is 0.297 e. The van der Waals surface area contributed by atoms with E-state index in [0.717, 1.165) is 0 Å². The lowest BCUT2D eigenvalue weighted by atomic mass is 10.4. The van der Waals surface area contributed by atoms with Crippen LogP contribution in [0.1, 0.15) is 0 Å². The maximum atomic E-state index is 8.88. The second kappa shape index (κ2) is 1.86. The van der Waals surface area contributed by atoms with Crippen molar-refractivity contribution in [3.05, 3.63) is 11.9 Å². The van der Waals surface area contributed by atoms with Crippen LogP contribution in [-0.4, -0.2) is 22.1 Å². The Morgan fingerprint density at radius 3 is 2.70 bits per heavy atom. The molecule has 1 rings (SSSR count). The molecule has 0 saturated heterocycles. The summed E-state index contributed by atoms with van der Waals surface area (Å²) in [7, 11) is 0. The minimum atomic E-state index is -1.94. The zero-order chi connectivity index (χ0) is 7.78. The van der Waals surface area contributed by atoms with Crippen LogP contribution in [0.15, 0.2) is 16.9 Å². The lowest BCUT2D eigenvalue weighted by Gasteiger charge is -2.22. The molecular formula is C4H8N4O2. The predicted molar refractivity (Wildman–Crippen MR) is 34.6 cm³/mol. The molecule has 1 aliphatic rings. The molecule has 1 aliphatic heterocycles. The van der Waals surface area contributed by atoms with Crippen LogP contribution in [-0.2, 0) is 0 Å². The molecule has 56 valence electrons. The number of nitrogens with zero attached hydrogens (tertiary/aromatic N) is 1. The van der Waals surface area contributed by atoms with Gasteiger partial charge in [0, 0.05) is 6.20 Å². The summed E-state index contributed by atoms with van der Waals surface area (Å²) in [4.78, 5) is 3.20. The van der Waals surface area contributed by atoms with Gasteiger partial charge in [0.05, 0.1) is 0 Å². The zero-order valence-corrected chi connectivity index (χ0v) is 5.07. The molecule has 1 heterocycles. The molecule has 6 nitrogen and oxygen atoms in total. The molecule has 0 aromatic heterocycles. The molecule has 0 saturated carbocycles. The van der Waals surface area contributed by atoms with Crippen LogP contribution in [0.3, 0.4) is 0 Å². The van der Waals surface area contributed by atoms with Crippen LogP contribution in [0, 0.1) is 0 Å². The highest BCUT2D eigenvalue weighted by atomic mass is 16.3. The largest absolute Gasteiger partial charge is 0.492 e. The van der Waals surface area contributed by atoms with Crippen molar-refractivity contribution in [3.8, 4) is 0 Å². The van der Waals surface area contributed by atoms with Gasteiger partial charge in [0.1, 0.15) is 5.70 Å². The Bertz CT molecular complexity index is 207. The molecule has 1 unspecified atom stereocenters. The summed E-state index contributed by atoms with van der Waals surface area (Å²) in [5.41, 5.74) is 10.2. The van der Waals surface area contributed by atoms with Crippen molar-refractivity contribution in [3.63, 3.8) is 0 Å². The van der Waals surface area contributed by atoms with Crippen molar-refractivity contribution in [1.82, 2.24) is 5.32 Å². The van der Waals surface area contributed by atoms with E-state index in [-0.39, 0.29) is 5.70 Å². The number of aliphatic imine (C=N–C) groups is 1. The molecule has 6 heteroatoms. The van der Waals surface area contributed by atoms with Crippen molar-refractivity contribution < 1.29 is 10.2 Å². The highest BCUT2D eigenvalue weighted by molar-refractivity contribution is 5.91. The molecule has 0 radical (unpaired) electrons. The standard InChI is InChI=1S/C4H8N4O2/c5-2-1-7-4(6,10)8-3(2)9/h1,7,10H,5-6H2,(H,8,9). The van der Waals surface area contributed by atoms with E-state index < -0.39 is 11.9 Å². The third-order valence-corrected chi connectivity index (χ3v) is 0.975. The Morgan fingerprint density at radius 2 is 2.30 bits per heavy atom. The monoisotopic (exact) mass is 144 g/mol. The quantitative estimate of drug-likeness (QED) is 0.250. The average molecular weight is 144 g/mol. The first-order valence-corrected chi connectivity index (χ1v) is 2.55. The van der Waals surface area contributed by atoms with E-state index in [4.69, 9.17) is 21.7 Å². The van der Waals surface area contributed by atoms with Gasteiger partial charge in [0.2, 0.25) is 5.90 Å². The van der Waals surface area contributed by atoms with Gasteiger partial charge in [-0.05, 0) is 0 Å². The molecule has 0 bridgehead atoms. The lowest BCUT2D eigenvalue weighted by Crippen LogP contribution is -2.52. The zero-order valence-electron chi connectivity index (χ0n) is 5.07. The van der Waals surface area contributed by atoms with Gasteiger partial charge in [0.15, 0.2) is 0 Å². The first-order chi connectivity index (χ1) is 4.51. The van der Waals surface area contributed by atoms with E-state index in [0.29, 0.717) is 0 Å². The summed E-state index contributed by atoms with van der Waals surface area (Å²) in [6.07, 6.45) is 1.17. The second-order valence-corrected chi connectivity index (χ2v) is 1.91. The molecular weight excluding hydrogens is 136 g/mol. The second-order valence-electron chi connectivity index (χ2n) is 1.91. The van der Waals surface area contributed by atoms with Gasteiger partial charge in [-0.2, -0.15) is 4.99 Å². The van der Waals surface area contributed by atoms with Crippen LogP contribution in [0.2, 0.25) is 0 Å². The Morgan fingerprint density at radius 1 is 1.70 bits per heavy atom. The highest BCUT2D eigenvalue weighted by Gasteiger charge is 2.23. The number of hydrogen-bond acceptors (Lipinski definition) is 5. The summed E-state index contributed by atoms with van der Waals surface area (Å²) in [5, 5.41) is 19.9. The lowest BCUT2D eigenvalue weighted by molar-refractivity contribution is 0.0309.